The molecule has 0 atom stereocenters. The largest absolute Gasteiger partial charge is 0.293 e. The van der Waals surface area contributed by atoms with Gasteiger partial charge in [0.25, 0.3) is 0 Å². The van der Waals surface area contributed by atoms with Gasteiger partial charge in [0.15, 0.2) is 15.6 Å². The molecule has 3 nitrogen and oxygen atoms in total. The standard InChI is InChI=1S/C12H16O3S/c1-3-10-5-7-11(8-6-10)12(13)9-16(14,15)4-2/h5-8H,3-4,9H2,1-2H3. The molecule has 0 aliphatic heterocycles. The van der Waals surface area contributed by atoms with Gasteiger partial charge in [0, 0.05) is 11.3 Å². The fourth-order valence-corrected chi connectivity index (χ4v) is 2.08. The molecule has 1 rings (SSSR count). The summed E-state index contributed by atoms with van der Waals surface area (Å²) in [5.74, 6) is -0.717. The van der Waals surface area contributed by atoms with Crippen LogP contribution in [0.15, 0.2) is 24.3 Å². The molecule has 0 spiro atoms. The van der Waals surface area contributed by atoms with Crippen LogP contribution in [0.3, 0.4) is 0 Å². The van der Waals surface area contributed by atoms with Gasteiger partial charge in [-0.2, -0.15) is 0 Å². The van der Waals surface area contributed by atoms with E-state index in [-0.39, 0.29) is 11.5 Å². The van der Waals surface area contributed by atoms with Crippen LogP contribution in [-0.4, -0.2) is 25.7 Å². The molecule has 1 aromatic carbocycles. The van der Waals surface area contributed by atoms with E-state index in [0.717, 1.165) is 12.0 Å². The lowest BCUT2D eigenvalue weighted by molar-refractivity contribution is 0.102. The average molecular weight is 240 g/mol. The number of benzene rings is 1. The second-order valence-corrected chi connectivity index (χ2v) is 6.00. The number of Topliss-reactive ketones (excluding diaryl/α,β-unsaturated/α-hetero) is 1. The third-order valence-electron chi connectivity index (χ3n) is 2.47. The van der Waals surface area contributed by atoms with Crippen molar-refractivity contribution in [3.8, 4) is 0 Å². The van der Waals surface area contributed by atoms with E-state index in [1.54, 1.807) is 19.1 Å². The fourth-order valence-electron chi connectivity index (χ4n) is 1.31. The van der Waals surface area contributed by atoms with Crippen LogP contribution in [0.25, 0.3) is 0 Å². The van der Waals surface area contributed by atoms with Crippen molar-refractivity contribution in [2.24, 2.45) is 0 Å². The topological polar surface area (TPSA) is 51.2 Å². The molecular weight excluding hydrogens is 224 g/mol. The Morgan fingerprint density at radius 1 is 1.12 bits per heavy atom. The zero-order valence-corrected chi connectivity index (χ0v) is 10.4. The number of ketones is 1. The zero-order chi connectivity index (χ0) is 12.2. The van der Waals surface area contributed by atoms with Gasteiger partial charge in [-0.3, -0.25) is 4.79 Å². The molecule has 0 unspecified atom stereocenters. The SMILES string of the molecule is CCc1ccc(C(=O)CS(=O)(=O)CC)cc1. The summed E-state index contributed by atoms with van der Waals surface area (Å²) in [7, 11) is -3.23. The lowest BCUT2D eigenvalue weighted by Gasteiger charge is -2.02. The van der Waals surface area contributed by atoms with Crippen molar-refractivity contribution >= 4 is 15.6 Å². The van der Waals surface area contributed by atoms with Crippen LogP contribution in [0.2, 0.25) is 0 Å². The monoisotopic (exact) mass is 240 g/mol. The maximum absolute atomic E-state index is 11.6. The summed E-state index contributed by atoms with van der Waals surface area (Å²) < 4.78 is 22.6. The van der Waals surface area contributed by atoms with Crippen LogP contribution in [0.5, 0.6) is 0 Å². The fraction of sp³-hybridized carbons (Fsp3) is 0.417. The van der Waals surface area contributed by atoms with Crippen LogP contribution in [0.4, 0.5) is 0 Å². The number of hydrogen-bond donors (Lipinski definition) is 0. The van der Waals surface area contributed by atoms with Gasteiger partial charge < -0.3 is 0 Å². The highest BCUT2D eigenvalue weighted by atomic mass is 32.2. The molecule has 0 saturated heterocycles. The number of carbonyl (C=O) groups is 1. The van der Waals surface area contributed by atoms with Crippen molar-refractivity contribution in [1.82, 2.24) is 0 Å². The van der Waals surface area contributed by atoms with E-state index in [2.05, 4.69) is 0 Å². The van der Waals surface area contributed by atoms with Crippen LogP contribution >= 0.6 is 0 Å². The molecule has 0 aliphatic rings. The molecule has 0 bridgehead atoms. The smallest absolute Gasteiger partial charge is 0.177 e. The van der Waals surface area contributed by atoms with E-state index in [0.29, 0.717) is 5.56 Å². The second kappa shape index (κ2) is 5.25. The van der Waals surface area contributed by atoms with E-state index in [1.807, 2.05) is 19.1 Å². The third kappa shape index (κ3) is 3.45. The Hall–Kier alpha value is -1.16. The molecule has 0 N–H and O–H groups in total. The van der Waals surface area contributed by atoms with Crippen molar-refractivity contribution in [1.29, 1.82) is 0 Å². The van der Waals surface area contributed by atoms with Crippen molar-refractivity contribution < 1.29 is 13.2 Å². The van der Waals surface area contributed by atoms with E-state index < -0.39 is 15.6 Å². The van der Waals surface area contributed by atoms with Crippen molar-refractivity contribution in [2.75, 3.05) is 11.5 Å². The molecule has 0 amide bonds. The van der Waals surface area contributed by atoms with Gasteiger partial charge in [0.1, 0.15) is 5.75 Å². The minimum absolute atomic E-state index is 0.00574. The zero-order valence-electron chi connectivity index (χ0n) is 9.56. The highest BCUT2D eigenvalue weighted by Crippen LogP contribution is 2.07. The lowest BCUT2D eigenvalue weighted by Crippen LogP contribution is -2.17. The Bertz CT molecular complexity index is 458. The molecule has 4 heteroatoms. The van der Waals surface area contributed by atoms with Crippen molar-refractivity contribution in [3.05, 3.63) is 35.4 Å². The van der Waals surface area contributed by atoms with Crippen LogP contribution < -0.4 is 0 Å². The third-order valence-corrected chi connectivity index (χ3v) is 4.06. The maximum atomic E-state index is 11.6. The van der Waals surface area contributed by atoms with Crippen LogP contribution in [0, 0.1) is 0 Å². The number of rotatable bonds is 5. The summed E-state index contributed by atoms with van der Waals surface area (Å²) in [6, 6.07) is 7.08. The first-order valence-corrected chi connectivity index (χ1v) is 7.13. The molecule has 16 heavy (non-hydrogen) atoms. The first-order chi connectivity index (χ1) is 7.48. The summed E-state index contributed by atoms with van der Waals surface area (Å²) >= 11 is 0. The molecule has 0 saturated carbocycles. The summed E-state index contributed by atoms with van der Waals surface area (Å²) in [5.41, 5.74) is 1.60. The van der Waals surface area contributed by atoms with Gasteiger partial charge in [-0.1, -0.05) is 38.1 Å². The van der Waals surface area contributed by atoms with Gasteiger partial charge in [0.2, 0.25) is 0 Å². The molecule has 0 radical (unpaired) electrons. The average Bonchev–Trinajstić information content (AvgIpc) is 2.28. The summed E-state index contributed by atoms with van der Waals surface area (Å²) in [4.78, 5) is 11.6. The van der Waals surface area contributed by atoms with Gasteiger partial charge in [-0.05, 0) is 12.0 Å². The van der Waals surface area contributed by atoms with E-state index in [9.17, 15) is 13.2 Å². The predicted octanol–water partition coefficient (Wildman–Crippen LogP) is 1.87. The summed E-state index contributed by atoms with van der Waals surface area (Å²) in [6.07, 6.45) is 0.904. The van der Waals surface area contributed by atoms with Crippen molar-refractivity contribution in [2.45, 2.75) is 20.3 Å². The molecule has 1 aromatic rings. The number of aryl methyl sites for hydroxylation is 1. The lowest BCUT2D eigenvalue weighted by atomic mass is 10.1. The molecule has 88 valence electrons. The van der Waals surface area contributed by atoms with E-state index in [1.165, 1.54) is 0 Å². The van der Waals surface area contributed by atoms with Gasteiger partial charge in [-0.25, -0.2) is 8.42 Å². The Balaban J connectivity index is 2.81. The van der Waals surface area contributed by atoms with Gasteiger partial charge >= 0.3 is 0 Å². The quantitative estimate of drug-likeness (QED) is 0.738. The Morgan fingerprint density at radius 3 is 2.12 bits per heavy atom. The highest BCUT2D eigenvalue weighted by Gasteiger charge is 2.15. The minimum Gasteiger partial charge on any atom is -0.293 e. The molecular formula is C12H16O3S. The highest BCUT2D eigenvalue weighted by molar-refractivity contribution is 7.92. The van der Waals surface area contributed by atoms with Crippen LogP contribution in [-0.2, 0) is 16.3 Å². The Labute approximate surface area is 96.4 Å². The summed E-state index contributed by atoms with van der Waals surface area (Å²) in [6.45, 7) is 3.57. The number of hydrogen-bond acceptors (Lipinski definition) is 3. The van der Waals surface area contributed by atoms with Gasteiger partial charge in [0.05, 0.1) is 0 Å². The molecule has 0 aromatic heterocycles. The number of carbonyl (C=O) groups excluding carboxylic acids is 1. The second-order valence-electron chi connectivity index (χ2n) is 3.65. The summed E-state index contributed by atoms with van der Waals surface area (Å²) in [5, 5.41) is 0. The first kappa shape index (κ1) is 12.9. The Morgan fingerprint density at radius 2 is 1.69 bits per heavy atom. The minimum atomic E-state index is -3.23. The van der Waals surface area contributed by atoms with Crippen LogP contribution in [0.1, 0.15) is 29.8 Å². The number of sulfone groups is 1. The van der Waals surface area contributed by atoms with E-state index >= 15 is 0 Å². The molecule has 0 fully saturated rings. The maximum Gasteiger partial charge on any atom is 0.177 e. The molecule has 0 aliphatic carbocycles. The predicted molar refractivity (Wildman–Crippen MR) is 64.5 cm³/mol. The molecule has 0 heterocycles. The normalized spacial score (nSPS) is 11.4. The van der Waals surface area contributed by atoms with E-state index in [4.69, 9.17) is 0 Å². The van der Waals surface area contributed by atoms with Crippen molar-refractivity contribution in [3.63, 3.8) is 0 Å². The van der Waals surface area contributed by atoms with Gasteiger partial charge in [-0.15, -0.1) is 0 Å². The Kier molecular flexibility index (Phi) is 4.24. The first-order valence-electron chi connectivity index (χ1n) is 5.31.